The summed E-state index contributed by atoms with van der Waals surface area (Å²) in [5, 5.41) is 3.37. The van der Waals surface area contributed by atoms with Gasteiger partial charge in [-0.3, -0.25) is 13.9 Å². The topological polar surface area (TPSA) is 86.8 Å². The predicted molar refractivity (Wildman–Crippen MR) is 176 cm³/mol. The number of benzene rings is 4. The Morgan fingerprint density at radius 1 is 0.795 bits per heavy atom. The number of aryl methyl sites for hydroxylation is 1. The molecule has 0 aliphatic carbocycles. The van der Waals surface area contributed by atoms with Crippen LogP contribution in [0, 0.1) is 6.92 Å². The average Bonchev–Trinajstić information content (AvgIpc) is 2.97. The van der Waals surface area contributed by atoms with Gasteiger partial charge in [-0.25, -0.2) is 8.42 Å². The summed E-state index contributed by atoms with van der Waals surface area (Å²) in [5.74, 6) is -0.907. The van der Waals surface area contributed by atoms with E-state index in [-0.39, 0.29) is 45.5 Å². The third-order valence-electron chi connectivity index (χ3n) is 6.88. The molecule has 4 aromatic carbocycles. The van der Waals surface area contributed by atoms with Gasteiger partial charge in [0.25, 0.3) is 10.0 Å². The smallest absolute Gasteiger partial charge is 0.264 e. The fourth-order valence-corrected chi connectivity index (χ4v) is 6.81. The van der Waals surface area contributed by atoms with Crippen molar-refractivity contribution in [1.82, 2.24) is 10.2 Å². The highest BCUT2D eigenvalue weighted by molar-refractivity contribution is 7.92. The molecule has 1 N–H and O–H groups in total. The standard InChI is InChI=1S/C34H35Cl2N3O4S/c1-24(2)37-34(41)32(18-26-12-6-4-7-13-26)38(22-27-14-10-11-25(3)17-27)33(40)23-39(30-20-28(35)19-29(36)21-30)44(42,43)31-15-8-5-9-16-31/h4-17,19-21,24,32H,18,22-23H2,1-3H3,(H,37,41). The molecule has 4 aromatic rings. The van der Waals surface area contributed by atoms with Crippen molar-refractivity contribution in [2.24, 2.45) is 0 Å². The Morgan fingerprint density at radius 2 is 1.39 bits per heavy atom. The molecule has 0 heterocycles. The van der Waals surface area contributed by atoms with Gasteiger partial charge in [-0.05, 0) is 62.2 Å². The number of halogens is 2. The van der Waals surface area contributed by atoms with Crippen molar-refractivity contribution in [3.8, 4) is 0 Å². The number of rotatable bonds is 12. The number of sulfonamides is 1. The maximum atomic E-state index is 14.5. The minimum Gasteiger partial charge on any atom is -0.352 e. The number of hydrogen-bond donors (Lipinski definition) is 1. The fraction of sp³-hybridized carbons (Fsp3) is 0.235. The van der Waals surface area contributed by atoms with E-state index in [1.54, 1.807) is 18.2 Å². The SMILES string of the molecule is Cc1cccc(CN(C(=O)CN(c2cc(Cl)cc(Cl)c2)S(=O)(=O)c2ccccc2)C(Cc2ccccc2)C(=O)NC(C)C)c1. The Kier molecular flexibility index (Phi) is 11.1. The van der Waals surface area contributed by atoms with E-state index in [4.69, 9.17) is 23.2 Å². The first-order chi connectivity index (χ1) is 20.9. The second-order valence-electron chi connectivity index (χ2n) is 10.8. The zero-order valence-electron chi connectivity index (χ0n) is 24.8. The molecule has 1 atom stereocenters. The Morgan fingerprint density at radius 3 is 1.98 bits per heavy atom. The molecule has 0 aromatic heterocycles. The molecule has 44 heavy (non-hydrogen) atoms. The predicted octanol–water partition coefficient (Wildman–Crippen LogP) is 6.66. The van der Waals surface area contributed by atoms with Gasteiger partial charge in [0.2, 0.25) is 11.8 Å². The molecule has 0 spiro atoms. The van der Waals surface area contributed by atoms with Crippen LogP contribution >= 0.6 is 23.2 Å². The summed E-state index contributed by atoms with van der Waals surface area (Å²) in [6, 6.07) is 28.1. The minimum absolute atomic E-state index is 0.00693. The maximum Gasteiger partial charge on any atom is 0.264 e. The lowest BCUT2D eigenvalue weighted by molar-refractivity contribution is -0.140. The summed E-state index contributed by atoms with van der Waals surface area (Å²) in [5.41, 5.74) is 2.77. The van der Waals surface area contributed by atoms with Crippen LogP contribution in [0.25, 0.3) is 0 Å². The van der Waals surface area contributed by atoms with E-state index in [9.17, 15) is 18.0 Å². The molecule has 4 rings (SSSR count). The summed E-state index contributed by atoms with van der Waals surface area (Å²) in [7, 11) is -4.25. The number of carbonyl (C=O) groups excluding carboxylic acids is 2. The molecular weight excluding hydrogens is 617 g/mol. The molecule has 0 radical (unpaired) electrons. The van der Waals surface area contributed by atoms with E-state index in [1.165, 1.54) is 35.2 Å². The van der Waals surface area contributed by atoms with Crippen LogP contribution < -0.4 is 9.62 Å². The third-order valence-corrected chi connectivity index (χ3v) is 9.11. The van der Waals surface area contributed by atoms with Gasteiger partial charge in [-0.2, -0.15) is 0 Å². The first-order valence-electron chi connectivity index (χ1n) is 14.2. The summed E-state index contributed by atoms with van der Waals surface area (Å²) in [6.07, 6.45) is 0.228. The van der Waals surface area contributed by atoms with Crippen molar-refractivity contribution in [2.75, 3.05) is 10.8 Å². The zero-order chi connectivity index (χ0) is 31.9. The molecule has 1 unspecified atom stereocenters. The Hall–Kier alpha value is -3.85. The quantitative estimate of drug-likeness (QED) is 0.186. The van der Waals surface area contributed by atoms with Gasteiger partial charge < -0.3 is 10.2 Å². The average molecular weight is 653 g/mol. The lowest BCUT2D eigenvalue weighted by Gasteiger charge is -2.34. The first kappa shape index (κ1) is 33.1. The van der Waals surface area contributed by atoms with Crippen LogP contribution in [-0.2, 0) is 32.6 Å². The van der Waals surface area contributed by atoms with E-state index >= 15 is 0 Å². The summed E-state index contributed by atoms with van der Waals surface area (Å²) >= 11 is 12.6. The second-order valence-corrected chi connectivity index (χ2v) is 13.6. The van der Waals surface area contributed by atoms with E-state index in [2.05, 4.69) is 5.32 Å². The van der Waals surface area contributed by atoms with Gasteiger partial charge >= 0.3 is 0 Å². The van der Waals surface area contributed by atoms with Crippen LogP contribution in [0.15, 0.2) is 108 Å². The summed E-state index contributed by atoms with van der Waals surface area (Å²) in [6.45, 7) is 5.13. The van der Waals surface area contributed by atoms with Gasteiger partial charge in [-0.1, -0.05) is 102 Å². The minimum atomic E-state index is -4.25. The lowest BCUT2D eigenvalue weighted by atomic mass is 10.0. The van der Waals surface area contributed by atoms with Crippen molar-refractivity contribution < 1.29 is 18.0 Å². The number of anilines is 1. The molecule has 230 valence electrons. The van der Waals surface area contributed by atoms with Gasteiger partial charge in [0.1, 0.15) is 12.6 Å². The number of nitrogens with one attached hydrogen (secondary N) is 1. The molecule has 0 bridgehead atoms. The molecule has 0 aliphatic heterocycles. The van der Waals surface area contributed by atoms with Crippen LogP contribution in [0.4, 0.5) is 5.69 Å². The van der Waals surface area contributed by atoms with Crippen LogP contribution in [0.2, 0.25) is 10.0 Å². The van der Waals surface area contributed by atoms with Crippen molar-refractivity contribution in [2.45, 2.75) is 50.7 Å². The zero-order valence-corrected chi connectivity index (χ0v) is 27.1. The van der Waals surface area contributed by atoms with Gasteiger partial charge in [0.05, 0.1) is 10.6 Å². The van der Waals surface area contributed by atoms with E-state index in [1.807, 2.05) is 75.4 Å². The molecule has 10 heteroatoms. The number of nitrogens with zero attached hydrogens (tertiary/aromatic N) is 2. The van der Waals surface area contributed by atoms with Crippen molar-refractivity contribution in [3.63, 3.8) is 0 Å². The van der Waals surface area contributed by atoms with Gasteiger partial charge in [-0.15, -0.1) is 0 Å². The van der Waals surface area contributed by atoms with E-state index in [0.717, 1.165) is 21.0 Å². The Bertz CT molecular complexity index is 1680. The molecule has 0 aliphatic rings. The summed E-state index contributed by atoms with van der Waals surface area (Å²) in [4.78, 5) is 29.7. The van der Waals surface area contributed by atoms with E-state index in [0.29, 0.717) is 0 Å². The maximum absolute atomic E-state index is 14.5. The third kappa shape index (κ3) is 8.62. The second kappa shape index (κ2) is 14.8. The molecule has 2 amide bonds. The highest BCUT2D eigenvalue weighted by Crippen LogP contribution is 2.30. The van der Waals surface area contributed by atoms with Crippen molar-refractivity contribution >= 4 is 50.7 Å². The van der Waals surface area contributed by atoms with Crippen LogP contribution in [0.5, 0.6) is 0 Å². The Labute approximate surface area is 269 Å². The lowest BCUT2D eigenvalue weighted by Crippen LogP contribution is -2.54. The van der Waals surface area contributed by atoms with Crippen molar-refractivity contribution in [3.05, 3.63) is 130 Å². The largest absolute Gasteiger partial charge is 0.352 e. The molecule has 0 fully saturated rings. The first-order valence-corrected chi connectivity index (χ1v) is 16.4. The highest BCUT2D eigenvalue weighted by atomic mass is 35.5. The number of amides is 2. The van der Waals surface area contributed by atoms with E-state index < -0.39 is 28.5 Å². The normalized spacial score (nSPS) is 12.0. The summed E-state index contributed by atoms with van der Waals surface area (Å²) < 4.78 is 29.1. The monoisotopic (exact) mass is 651 g/mol. The number of hydrogen-bond acceptors (Lipinski definition) is 4. The van der Waals surface area contributed by atoms with Crippen LogP contribution in [0.1, 0.15) is 30.5 Å². The molecule has 7 nitrogen and oxygen atoms in total. The molecular formula is C34H35Cl2N3O4S. The van der Waals surface area contributed by atoms with Crippen molar-refractivity contribution in [1.29, 1.82) is 0 Å². The Balaban J connectivity index is 1.82. The number of carbonyl (C=O) groups is 2. The van der Waals surface area contributed by atoms with Crippen LogP contribution in [-0.4, -0.2) is 43.8 Å². The van der Waals surface area contributed by atoms with Crippen LogP contribution in [0.3, 0.4) is 0 Å². The molecule has 0 saturated carbocycles. The molecule has 0 saturated heterocycles. The highest BCUT2D eigenvalue weighted by Gasteiger charge is 2.35. The van der Waals surface area contributed by atoms with Gasteiger partial charge in [0, 0.05) is 29.1 Å². The van der Waals surface area contributed by atoms with Gasteiger partial charge in [0.15, 0.2) is 0 Å². The fourth-order valence-electron chi connectivity index (χ4n) is 4.87.